The Labute approximate surface area is 118 Å². The van der Waals surface area contributed by atoms with Crippen LogP contribution in [0.5, 0.6) is 0 Å². The molecule has 0 bridgehead atoms. The highest BCUT2D eigenvalue weighted by molar-refractivity contribution is 7.18. The molecule has 0 aliphatic heterocycles. The van der Waals surface area contributed by atoms with Gasteiger partial charge in [0.2, 0.25) is 0 Å². The van der Waals surface area contributed by atoms with Gasteiger partial charge in [-0.3, -0.25) is 0 Å². The molecular weight excluding hydrogens is 289 g/mol. The molecule has 2 N–H and O–H groups in total. The number of benzene rings is 1. The Kier molecular flexibility index (Phi) is 4.07. The molecule has 100 valence electrons. The number of nitrogen functional groups attached to an aromatic ring is 1. The van der Waals surface area contributed by atoms with Crippen LogP contribution >= 0.6 is 22.9 Å². The van der Waals surface area contributed by atoms with Crippen LogP contribution in [0, 0.1) is 5.82 Å². The SMILES string of the molecule is CCOC(=O)c1sc(-c2cccc(F)c2Cl)cc1N. The Morgan fingerprint density at radius 2 is 2.26 bits per heavy atom. The first kappa shape index (κ1) is 13.8. The summed E-state index contributed by atoms with van der Waals surface area (Å²) in [7, 11) is 0. The van der Waals surface area contributed by atoms with Crippen LogP contribution in [0.2, 0.25) is 5.02 Å². The van der Waals surface area contributed by atoms with Crippen LogP contribution in [0.3, 0.4) is 0 Å². The second kappa shape index (κ2) is 5.59. The van der Waals surface area contributed by atoms with Crippen molar-refractivity contribution in [3.63, 3.8) is 0 Å². The molecule has 0 unspecified atom stereocenters. The average molecular weight is 300 g/mol. The summed E-state index contributed by atoms with van der Waals surface area (Å²) >= 11 is 7.04. The molecule has 0 radical (unpaired) electrons. The van der Waals surface area contributed by atoms with E-state index in [9.17, 15) is 9.18 Å². The number of anilines is 1. The Balaban J connectivity index is 2.45. The topological polar surface area (TPSA) is 52.3 Å². The fourth-order valence-electron chi connectivity index (χ4n) is 1.59. The van der Waals surface area contributed by atoms with Gasteiger partial charge in [-0.05, 0) is 19.1 Å². The van der Waals surface area contributed by atoms with Gasteiger partial charge in [0.1, 0.15) is 10.7 Å². The fraction of sp³-hybridized carbons (Fsp3) is 0.154. The van der Waals surface area contributed by atoms with Gasteiger partial charge in [-0.15, -0.1) is 11.3 Å². The maximum atomic E-state index is 13.4. The minimum absolute atomic E-state index is 0.0131. The van der Waals surface area contributed by atoms with Crippen LogP contribution in [0.25, 0.3) is 10.4 Å². The maximum Gasteiger partial charge on any atom is 0.350 e. The lowest BCUT2D eigenvalue weighted by Gasteiger charge is -2.01. The summed E-state index contributed by atoms with van der Waals surface area (Å²) in [5.41, 5.74) is 6.58. The average Bonchev–Trinajstić information content (AvgIpc) is 2.75. The van der Waals surface area contributed by atoms with Gasteiger partial charge < -0.3 is 10.5 Å². The third-order valence-electron chi connectivity index (χ3n) is 2.44. The summed E-state index contributed by atoms with van der Waals surface area (Å²) in [4.78, 5) is 12.6. The van der Waals surface area contributed by atoms with Crippen molar-refractivity contribution >= 4 is 34.6 Å². The number of carbonyl (C=O) groups excluding carboxylic acids is 1. The molecule has 0 saturated carbocycles. The second-order valence-corrected chi connectivity index (χ2v) is 5.15. The summed E-state index contributed by atoms with van der Waals surface area (Å²) in [5, 5.41) is 0.0131. The van der Waals surface area contributed by atoms with Crippen molar-refractivity contribution < 1.29 is 13.9 Å². The first-order valence-electron chi connectivity index (χ1n) is 5.55. The number of hydrogen-bond donors (Lipinski definition) is 1. The van der Waals surface area contributed by atoms with E-state index in [-0.39, 0.29) is 11.6 Å². The van der Waals surface area contributed by atoms with Crippen molar-refractivity contribution in [2.24, 2.45) is 0 Å². The Bertz CT molecular complexity index is 627. The standard InChI is InChI=1S/C13H11ClFNO2S/c1-2-18-13(17)12-9(16)6-10(19-12)7-4-3-5-8(15)11(7)14/h3-6H,2,16H2,1H3. The molecule has 0 fully saturated rings. The molecule has 1 aromatic heterocycles. The largest absolute Gasteiger partial charge is 0.462 e. The van der Waals surface area contributed by atoms with Crippen molar-refractivity contribution in [2.75, 3.05) is 12.3 Å². The predicted molar refractivity (Wildman–Crippen MR) is 75.1 cm³/mol. The summed E-state index contributed by atoms with van der Waals surface area (Å²) in [6.45, 7) is 1.98. The summed E-state index contributed by atoms with van der Waals surface area (Å²) in [6.07, 6.45) is 0. The third kappa shape index (κ3) is 2.72. The van der Waals surface area contributed by atoms with Gasteiger partial charge >= 0.3 is 5.97 Å². The molecule has 0 atom stereocenters. The second-order valence-electron chi connectivity index (χ2n) is 3.72. The van der Waals surface area contributed by atoms with E-state index < -0.39 is 11.8 Å². The highest BCUT2D eigenvalue weighted by Gasteiger charge is 2.18. The monoisotopic (exact) mass is 299 g/mol. The summed E-state index contributed by atoms with van der Waals surface area (Å²) in [5.74, 6) is -0.993. The molecule has 0 amide bonds. The number of halogens is 2. The van der Waals surface area contributed by atoms with E-state index in [1.165, 1.54) is 6.07 Å². The van der Waals surface area contributed by atoms with Crippen LogP contribution in [0.4, 0.5) is 10.1 Å². The number of hydrogen-bond acceptors (Lipinski definition) is 4. The van der Waals surface area contributed by atoms with Gasteiger partial charge in [0, 0.05) is 10.4 Å². The Morgan fingerprint density at radius 3 is 2.95 bits per heavy atom. The Hall–Kier alpha value is -1.59. The number of thiophene rings is 1. The predicted octanol–water partition coefficient (Wildman–Crippen LogP) is 3.97. The van der Waals surface area contributed by atoms with Crippen LogP contribution in [0.1, 0.15) is 16.6 Å². The zero-order valence-corrected chi connectivity index (χ0v) is 11.6. The number of nitrogens with two attached hydrogens (primary N) is 1. The van der Waals surface area contributed by atoms with Crippen LogP contribution < -0.4 is 5.73 Å². The molecule has 1 heterocycles. The number of rotatable bonds is 3. The van der Waals surface area contributed by atoms with Crippen LogP contribution in [-0.2, 0) is 4.74 Å². The summed E-state index contributed by atoms with van der Waals surface area (Å²) in [6, 6.07) is 6.09. The normalized spacial score (nSPS) is 10.5. The first-order chi connectivity index (χ1) is 9.04. The first-order valence-corrected chi connectivity index (χ1v) is 6.74. The molecule has 3 nitrogen and oxygen atoms in total. The maximum absolute atomic E-state index is 13.4. The van der Waals surface area contributed by atoms with E-state index in [1.54, 1.807) is 25.1 Å². The Morgan fingerprint density at radius 1 is 1.53 bits per heavy atom. The third-order valence-corrected chi connectivity index (χ3v) is 3.99. The minimum Gasteiger partial charge on any atom is -0.462 e. The van der Waals surface area contributed by atoms with Crippen molar-refractivity contribution in [3.05, 3.63) is 40.0 Å². The van der Waals surface area contributed by atoms with Crippen molar-refractivity contribution in [1.82, 2.24) is 0 Å². The van der Waals surface area contributed by atoms with Gasteiger partial charge in [-0.1, -0.05) is 23.7 Å². The quantitative estimate of drug-likeness (QED) is 0.873. The number of ether oxygens (including phenoxy) is 1. The molecule has 6 heteroatoms. The smallest absolute Gasteiger partial charge is 0.350 e. The lowest BCUT2D eigenvalue weighted by atomic mass is 10.2. The zero-order chi connectivity index (χ0) is 14.0. The van der Waals surface area contributed by atoms with Gasteiger partial charge in [-0.2, -0.15) is 0 Å². The summed E-state index contributed by atoms with van der Waals surface area (Å²) < 4.78 is 18.3. The molecular formula is C13H11ClFNO2S. The highest BCUT2D eigenvalue weighted by atomic mass is 35.5. The van der Waals surface area contributed by atoms with Crippen LogP contribution in [0.15, 0.2) is 24.3 Å². The fourth-order valence-corrected chi connectivity index (χ4v) is 2.88. The van der Waals surface area contributed by atoms with E-state index in [4.69, 9.17) is 22.1 Å². The molecule has 0 aliphatic carbocycles. The lowest BCUT2D eigenvalue weighted by molar-refractivity contribution is 0.0533. The van der Waals surface area contributed by atoms with Gasteiger partial charge in [0.05, 0.1) is 17.3 Å². The minimum atomic E-state index is -0.510. The molecule has 0 spiro atoms. The van der Waals surface area contributed by atoms with Crippen molar-refractivity contribution in [3.8, 4) is 10.4 Å². The van der Waals surface area contributed by atoms with E-state index in [0.717, 1.165) is 11.3 Å². The van der Waals surface area contributed by atoms with E-state index in [0.29, 0.717) is 21.0 Å². The van der Waals surface area contributed by atoms with Crippen molar-refractivity contribution in [1.29, 1.82) is 0 Å². The van der Waals surface area contributed by atoms with E-state index >= 15 is 0 Å². The number of esters is 1. The van der Waals surface area contributed by atoms with Crippen molar-refractivity contribution in [2.45, 2.75) is 6.92 Å². The molecule has 0 saturated heterocycles. The lowest BCUT2D eigenvalue weighted by Crippen LogP contribution is -2.04. The highest BCUT2D eigenvalue weighted by Crippen LogP contribution is 2.38. The van der Waals surface area contributed by atoms with E-state index in [1.807, 2.05) is 0 Å². The molecule has 1 aromatic carbocycles. The van der Waals surface area contributed by atoms with Gasteiger partial charge in [0.15, 0.2) is 0 Å². The molecule has 19 heavy (non-hydrogen) atoms. The van der Waals surface area contributed by atoms with Crippen LogP contribution in [-0.4, -0.2) is 12.6 Å². The molecule has 0 aliphatic rings. The zero-order valence-electron chi connectivity index (χ0n) is 10.1. The van der Waals surface area contributed by atoms with Gasteiger partial charge in [0.25, 0.3) is 0 Å². The molecule has 2 aromatic rings. The van der Waals surface area contributed by atoms with E-state index in [2.05, 4.69) is 0 Å². The van der Waals surface area contributed by atoms with Gasteiger partial charge in [-0.25, -0.2) is 9.18 Å². The molecule has 2 rings (SSSR count). The number of carbonyl (C=O) groups is 1.